The molecular weight excluding hydrogens is 260 g/mol. The van der Waals surface area contributed by atoms with Crippen molar-refractivity contribution in [3.8, 4) is 0 Å². The molecule has 0 fully saturated rings. The summed E-state index contributed by atoms with van der Waals surface area (Å²) in [6, 6.07) is 7.10. The molecule has 0 aliphatic heterocycles. The van der Waals surface area contributed by atoms with Crippen molar-refractivity contribution in [2.75, 3.05) is 20.6 Å². The minimum absolute atomic E-state index is 0.338. The first kappa shape index (κ1) is 15.7. The zero-order chi connectivity index (χ0) is 15.4. The summed E-state index contributed by atoms with van der Waals surface area (Å²) in [6.07, 6.45) is 4.00. The maximum absolute atomic E-state index is 4.22. The Morgan fingerprint density at radius 1 is 1.24 bits per heavy atom. The van der Waals surface area contributed by atoms with Crippen LogP contribution in [-0.4, -0.2) is 35.3 Å². The van der Waals surface area contributed by atoms with Crippen LogP contribution in [0.1, 0.15) is 28.3 Å². The number of likely N-dealkylation sites (N-methyl/N-ethyl adjacent to an activating group) is 2. The molecule has 0 saturated heterocycles. The van der Waals surface area contributed by atoms with Gasteiger partial charge in [-0.05, 0) is 33.5 Å². The van der Waals surface area contributed by atoms with Crippen LogP contribution in [0.4, 0.5) is 0 Å². The number of aryl methyl sites for hydroxylation is 3. The summed E-state index contributed by atoms with van der Waals surface area (Å²) in [4.78, 5) is 2.33. The molecule has 21 heavy (non-hydrogen) atoms. The van der Waals surface area contributed by atoms with Gasteiger partial charge in [0.1, 0.15) is 0 Å². The molecule has 0 bridgehead atoms. The average Bonchev–Trinajstić information content (AvgIpc) is 2.80. The second-order valence-corrected chi connectivity index (χ2v) is 5.98. The number of nitrogens with one attached hydrogen (secondary N) is 1. The van der Waals surface area contributed by atoms with Gasteiger partial charge in [0, 0.05) is 37.9 Å². The third-order valence-corrected chi connectivity index (χ3v) is 3.70. The predicted molar refractivity (Wildman–Crippen MR) is 87.3 cm³/mol. The summed E-state index contributed by atoms with van der Waals surface area (Å²) >= 11 is 0. The standard InChI is InChI=1S/C17H26N4/c1-13-6-14(2)8-16(7-13)17(18-3)12-20(4)10-15-9-19-21(5)11-15/h6-9,11,17-18H,10,12H2,1-5H3. The van der Waals surface area contributed by atoms with Crippen molar-refractivity contribution in [2.45, 2.75) is 26.4 Å². The van der Waals surface area contributed by atoms with Crippen LogP contribution in [0.2, 0.25) is 0 Å². The van der Waals surface area contributed by atoms with Gasteiger partial charge in [0.15, 0.2) is 0 Å². The maximum atomic E-state index is 4.22. The molecular formula is C17H26N4. The number of hydrogen-bond acceptors (Lipinski definition) is 3. The van der Waals surface area contributed by atoms with E-state index in [1.54, 1.807) is 0 Å². The molecule has 1 unspecified atom stereocenters. The van der Waals surface area contributed by atoms with Crippen LogP contribution in [-0.2, 0) is 13.6 Å². The van der Waals surface area contributed by atoms with Crippen molar-refractivity contribution in [3.05, 3.63) is 52.8 Å². The van der Waals surface area contributed by atoms with E-state index >= 15 is 0 Å². The van der Waals surface area contributed by atoms with E-state index in [-0.39, 0.29) is 0 Å². The highest BCUT2D eigenvalue weighted by molar-refractivity contribution is 5.30. The summed E-state index contributed by atoms with van der Waals surface area (Å²) in [5.74, 6) is 0. The highest BCUT2D eigenvalue weighted by Gasteiger charge is 2.13. The Balaban J connectivity index is 2.04. The molecule has 0 spiro atoms. The highest BCUT2D eigenvalue weighted by atomic mass is 15.2. The average molecular weight is 286 g/mol. The van der Waals surface area contributed by atoms with Gasteiger partial charge in [-0.15, -0.1) is 0 Å². The molecule has 4 heteroatoms. The molecule has 1 N–H and O–H groups in total. The number of nitrogens with zero attached hydrogens (tertiary/aromatic N) is 3. The normalized spacial score (nSPS) is 12.9. The molecule has 114 valence electrons. The van der Waals surface area contributed by atoms with Crippen LogP contribution in [0, 0.1) is 13.8 Å². The third-order valence-electron chi connectivity index (χ3n) is 3.70. The fourth-order valence-corrected chi connectivity index (χ4v) is 2.82. The SMILES string of the molecule is CNC(CN(C)Cc1cnn(C)c1)c1cc(C)cc(C)c1. The van der Waals surface area contributed by atoms with Crippen molar-refractivity contribution in [1.29, 1.82) is 0 Å². The van der Waals surface area contributed by atoms with Gasteiger partial charge in [0.2, 0.25) is 0 Å². The minimum Gasteiger partial charge on any atom is -0.312 e. The molecule has 0 aliphatic carbocycles. The minimum atomic E-state index is 0.338. The summed E-state index contributed by atoms with van der Waals surface area (Å²) < 4.78 is 1.85. The molecule has 2 rings (SSSR count). The third kappa shape index (κ3) is 4.41. The molecule has 1 heterocycles. The lowest BCUT2D eigenvalue weighted by molar-refractivity contribution is 0.289. The van der Waals surface area contributed by atoms with Gasteiger partial charge in [-0.25, -0.2) is 0 Å². The summed E-state index contributed by atoms with van der Waals surface area (Å²) in [5, 5.41) is 7.66. The first-order chi connectivity index (χ1) is 9.97. The van der Waals surface area contributed by atoms with Crippen molar-refractivity contribution < 1.29 is 0 Å². The van der Waals surface area contributed by atoms with Gasteiger partial charge >= 0.3 is 0 Å². The second-order valence-electron chi connectivity index (χ2n) is 5.98. The van der Waals surface area contributed by atoms with Crippen LogP contribution in [0.15, 0.2) is 30.6 Å². The molecule has 4 nitrogen and oxygen atoms in total. The zero-order valence-corrected chi connectivity index (χ0v) is 13.7. The zero-order valence-electron chi connectivity index (χ0n) is 13.7. The Hall–Kier alpha value is -1.65. The van der Waals surface area contributed by atoms with E-state index in [4.69, 9.17) is 0 Å². The Kier molecular flexibility index (Phi) is 5.15. The van der Waals surface area contributed by atoms with E-state index in [0.717, 1.165) is 13.1 Å². The molecule has 0 saturated carbocycles. The van der Waals surface area contributed by atoms with Crippen molar-refractivity contribution in [1.82, 2.24) is 20.0 Å². The Morgan fingerprint density at radius 3 is 2.43 bits per heavy atom. The lowest BCUT2D eigenvalue weighted by atomic mass is 10.0. The topological polar surface area (TPSA) is 33.1 Å². The van der Waals surface area contributed by atoms with E-state index in [1.165, 1.54) is 22.3 Å². The summed E-state index contributed by atoms with van der Waals surface area (Å²) in [6.45, 7) is 6.19. The lowest BCUT2D eigenvalue weighted by Crippen LogP contribution is -2.31. The van der Waals surface area contributed by atoms with Crippen molar-refractivity contribution >= 4 is 0 Å². The van der Waals surface area contributed by atoms with Crippen molar-refractivity contribution in [2.24, 2.45) is 7.05 Å². The van der Waals surface area contributed by atoms with Crippen LogP contribution in [0.3, 0.4) is 0 Å². The molecule has 1 aromatic carbocycles. The van der Waals surface area contributed by atoms with Crippen LogP contribution in [0.5, 0.6) is 0 Å². The summed E-state index contributed by atoms with van der Waals surface area (Å²) in [5.41, 5.74) is 5.24. The number of hydrogen-bond donors (Lipinski definition) is 1. The van der Waals surface area contributed by atoms with Gasteiger partial charge in [0.05, 0.1) is 6.20 Å². The first-order valence-corrected chi connectivity index (χ1v) is 7.39. The molecule has 0 amide bonds. The number of rotatable bonds is 6. The van der Waals surface area contributed by atoms with Gasteiger partial charge < -0.3 is 10.2 Å². The Bertz CT molecular complexity index is 568. The molecule has 2 aromatic rings. The lowest BCUT2D eigenvalue weighted by Gasteiger charge is -2.24. The fourth-order valence-electron chi connectivity index (χ4n) is 2.82. The van der Waals surface area contributed by atoms with E-state index in [9.17, 15) is 0 Å². The fraction of sp³-hybridized carbons (Fsp3) is 0.471. The van der Waals surface area contributed by atoms with Crippen LogP contribution < -0.4 is 5.32 Å². The van der Waals surface area contributed by atoms with Gasteiger partial charge in [0.25, 0.3) is 0 Å². The smallest absolute Gasteiger partial charge is 0.0534 e. The van der Waals surface area contributed by atoms with E-state index in [2.05, 4.69) is 60.6 Å². The summed E-state index contributed by atoms with van der Waals surface area (Å²) in [7, 11) is 6.13. The molecule has 0 aliphatic rings. The van der Waals surface area contributed by atoms with E-state index in [1.807, 2.05) is 25.0 Å². The number of aromatic nitrogens is 2. The maximum Gasteiger partial charge on any atom is 0.0534 e. The quantitative estimate of drug-likeness (QED) is 0.885. The second kappa shape index (κ2) is 6.87. The Morgan fingerprint density at radius 2 is 1.90 bits per heavy atom. The highest BCUT2D eigenvalue weighted by Crippen LogP contribution is 2.18. The monoisotopic (exact) mass is 286 g/mol. The van der Waals surface area contributed by atoms with Gasteiger partial charge in [-0.1, -0.05) is 29.3 Å². The van der Waals surface area contributed by atoms with Gasteiger partial charge in [-0.2, -0.15) is 5.10 Å². The molecule has 1 atom stereocenters. The number of benzene rings is 1. The van der Waals surface area contributed by atoms with E-state index in [0.29, 0.717) is 6.04 Å². The van der Waals surface area contributed by atoms with Gasteiger partial charge in [-0.3, -0.25) is 4.68 Å². The van der Waals surface area contributed by atoms with Crippen LogP contribution in [0.25, 0.3) is 0 Å². The largest absolute Gasteiger partial charge is 0.312 e. The Labute approximate surface area is 127 Å². The van der Waals surface area contributed by atoms with Crippen molar-refractivity contribution in [3.63, 3.8) is 0 Å². The molecule has 1 aromatic heterocycles. The first-order valence-electron chi connectivity index (χ1n) is 7.39. The molecule has 0 radical (unpaired) electrons. The predicted octanol–water partition coefficient (Wildman–Crippen LogP) is 2.43. The van der Waals surface area contributed by atoms with E-state index < -0.39 is 0 Å². The van der Waals surface area contributed by atoms with Crippen LogP contribution >= 0.6 is 0 Å².